The zero-order chi connectivity index (χ0) is 24.2. The topological polar surface area (TPSA) is 107 Å². The van der Waals surface area contributed by atoms with Crippen LogP contribution in [0.25, 0.3) is 11.4 Å². The van der Waals surface area contributed by atoms with Crippen LogP contribution in [0.5, 0.6) is 11.5 Å². The third kappa shape index (κ3) is 5.45. The molecule has 2 heterocycles. The van der Waals surface area contributed by atoms with Crippen molar-refractivity contribution in [2.24, 2.45) is 0 Å². The first-order valence-electron chi connectivity index (χ1n) is 11.9. The molecule has 5 rings (SSSR count). The maximum absolute atomic E-state index is 12.6. The van der Waals surface area contributed by atoms with Crippen molar-refractivity contribution >= 4 is 11.8 Å². The maximum Gasteiger partial charge on any atom is 0.251 e. The molecule has 35 heavy (non-hydrogen) atoms. The Balaban J connectivity index is 1.14. The summed E-state index contributed by atoms with van der Waals surface area (Å²) in [5.74, 6) is 2.17. The fourth-order valence-corrected chi connectivity index (χ4v) is 4.12. The summed E-state index contributed by atoms with van der Waals surface area (Å²) in [5.41, 5.74) is 1.33. The first-order valence-corrected chi connectivity index (χ1v) is 11.9. The van der Waals surface area contributed by atoms with Crippen LogP contribution in [0.1, 0.15) is 47.8 Å². The number of hydrogen-bond acceptors (Lipinski definition) is 7. The van der Waals surface area contributed by atoms with Gasteiger partial charge < -0.3 is 24.2 Å². The van der Waals surface area contributed by atoms with Crippen molar-refractivity contribution < 1.29 is 23.6 Å². The number of ether oxygens (including phenoxy) is 2. The Labute approximate surface area is 203 Å². The van der Waals surface area contributed by atoms with Crippen molar-refractivity contribution in [2.45, 2.75) is 37.7 Å². The summed E-state index contributed by atoms with van der Waals surface area (Å²) in [6.07, 6.45) is 3.87. The summed E-state index contributed by atoms with van der Waals surface area (Å²) in [5, 5.41) is 6.86. The molecule has 9 heteroatoms. The number of rotatable bonds is 8. The van der Waals surface area contributed by atoms with Crippen molar-refractivity contribution in [3.63, 3.8) is 0 Å². The monoisotopic (exact) mass is 476 g/mol. The Morgan fingerprint density at radius 3 is 2.54 bits per heavy atom. The Kier molecular flexibility index (Phi) is 6.65. The van der Waals surface area contributed by atoms with Gasteiger partial charge >= 0.3 is 0 Å². The molecule has 182 valence electrons. The molecule has 9 nitrogen and oxygen atoms in total. The zero-order valence-corrected chi connectivity index (χ0v) is 19.6. The summed E-state index contributed by atoms with van der Waals surface area (Å²) >= 11 is 0. The van der Waals surface area contributed by atoms with E-state index in [0.29, 0.717) is 36.1 Å². The standard InChI is InChI=1S/C26H28N4O5/c1-33-22-15-19(7-10-21(22)34-20-8-9-20)24-28-26(35-29-24)18-11-13-30(14-12-18)23(31)16-27-25(32)17-5-3-2-4-6-17/h2-7,10,15,18,20H,8-9,11-14,16H2,1H3,(H,27,32). The first kappa shape index (κ1) is 22.9. The van der Waals surface area contributed by atoms with Crippen LogP contribution < -0.4 is 14.8 Å². The molecule has 1 aromatic heterocycles. The van der Waals surface area contributed by atoms with Gasteiger partial charge in [-0.25, -0.2) is 0 Å². The SMILES string of the molecule is COc1cc(-c2noc(C3CCN(C(=O)CNC(=O)c4ccccc4)CC3)n2)ccc1OC1CC1. The maximum atomic E-state index is 12.6. The first-order chi connectivity index (χ1) is 17.1. The third-order valence-electron chi connectivity index (χ3n) is 6.31. The second-order valence-electron chi connectivity index (χ2n) is 8.84. The predicted molar refractivity (Wildman–Crippen MR) is 127 cm³/mol. The van der Waals surface area contributed by atoms with Gasteiger partial charge in [0.15, 0.2) is 11.5 Å². The summed E-state index contributed by atoms with van der Waals surface area (Å²) in [6, 6.07) is 14.5. The van der Waals surface area contributed by atoms with Crippen LogP contribution in [0, 0.1) is 0 Å². The van der Waals surface area contributed by atoms with Crippen LogP contribution in [-0.2, 0) is 4.79 Å². The largest absolute Gasteiger partial charge is 0.493 e. The Hall–Kier alpha value is -3.88. The number of carbonyl (C=O) groups excluding carboxylic acids is 2. The lowest BCUT2D eigenvalue weighted by molar-refractivity contribution is -0.131. The molecule has 0 atom stereocenters. The smallest absolute Gasteiger partial charge is 0.251 e. The fourth-order valence-electron chi connectivity index (χ4n) is 4.12. The van der Waals surface area contributed by atoms with Crippen LogP contribution in [0.4, 0.5) is 0 Å². The summed E-state index contributed by atoms with van der Waals surface area (Å²) in [4.78, 5) is 31.1. The van der Waals surface area contributed by atoms with Gasteiger partial charge in [0.05, 0.1) is 19.8 Å². The average Bonchev–Trinajstić information content (AvgIpc) is 3.59. The second kappa shape index (κ2) is 10.2. The predicted octanol–water partition coefficient (Wildman–Crippen LogP) is 3.42. The molecule has 2 aromatic carbocycles. The molecule has 2 amide bonds. The van der Waals surface area contributed by atoms with E-state index in [1.165, 1.54) is 0 Å². The van der Waals surface area contributed by atoms with E-state index in [-0.39, 0.29) is 30.4 Å². The van der Waals surface area contributed by atoms with E-state index in [0.717, 1.165) is 37.0 Å². The molecule has 1 saturated heterocycles. The van der Waals surface area contributed by atoms with E-state index in [1.54, 1.807) is 36.3 Å². The Morgan fingerprint density at radius 1 is 1.06 bits per heavy atom. The normalized spacial score (nSPS) is 16.1. The second-order valence-corrected chi connectivity index (χ2v) is 8.84. The summed E-state index contributed by atoms with van der Waals surface area (Å²) in [6.45, 7) is 1.12. The number of piperidine rings is 1. The van der Waals surface area contributed by atoms with Crippen molar-refractivity contribution in [3.8, 4) is 22.9 Å². The number of nitrogens with one attached hydrogen (secondary N) is 1. The number of aromatic nitrogens is 2. The van der Waals surface area contributed by atoms with Crippen LogP contribution in [0.15, 0.2) is 53.1 Å². The molecule has 1 saturated carbocycles. The minimum absolute atomic E-state index is 0.0224. The number of hydrogen-bond donors (Lipinski definition) is 1. The van der Waals surface area contributed by atoms with Gasteiger partial charge in [0.1, 0.15) is 0 Å². The fraction of sp³-hybridized carbons (Fsp3) is 0.385. The molecular formula is C26H28N4O5. The van der Waals surface area contributed by atoms with E-state index in [9.17, 15) is 9.59 Å². The number of methoxy groups -OCH3 is 1. The minimum Gasteiger partial charge on any atom is -0.493 e. The number of likely N-dealkylation sites (tertiary alicyclic amines) is 1. The molecule has 2 fully saturated rings. The number of amides is 2. The summed E-state index contributed by atoms with van der Waals surface area (Å²) < 4.78 is 16.9. The van der Waals surface area contributed by atoms with Gasteiger partial charge in [-0.15, -0.1) is 0 Å². The molecule has 3 aromatic rings. The zero-order valence-electron chi connectivity index (χ0n) is 19.6. The molecule has 0 radical (unpaired) electrons. The van der Waals surface area contributed by atoms with E-state index in [1.807, 2.05) is 24.3 Å². The van der Waals surface area contributed by atoms with Gasteiger partial charge in [-0.1, -0.05) is 23.4 Å². The van der Waals surface area contributed by atoms with Crippen LogP contribution >= 0.6 is 0 Å². The molecule has 0 spiro atoms. The van der Waals surface area contributed by atoms with Crippen molar-refractivity contribution in [1.29, 1.82) is 0 Å². The molecule has 1 aliphatic heterocycles. The summed E-state index contributed by atoms with van der Waals surface area (Å²) in [7, 11) is 1.61. The van der Waals surface area contributed by atoms with E-state index in [2.05, 4.69) is 15.5 Å². The lowest BCUT2D eigenvalue weighted by Crippen LogP contribution is -2.43. The highest BCUT2D eigenvalue weighted by atomic mass is 16.5. The molecule has 2 aliphatic rings. The van der Waals surface area contributed by atoms with Gasteiger partial charge in [0.2, 0.25) is 17.6 Å². The van der Waals surface area contributed by atoms with E-state index < -0.39 is 0 Å². The highest BCUT2D eigenvalue weighted by molar-refractivity contribution is 5.96. The molecule has 1 N–H and O–H groups in total. The number of carbonyl (C=O) groups is 2. The molecular weight excluding hydrogens is 448 g/mol. The number of nitrogens with zero attached hydrogens (tertiary/aromatic N) is 3. The highest BCUT2D eigenvalue weighted by Crippen LogP contribution is 2.36. The Bertz CT molecular complexity index is 1180. The van der Waals surface area contributed by atoms with Crippen LogP contribution in [-0.4, -0.2) is 59.7 Å². The van der Waals surface area contributed by atoms with E-state index in [4.69, 9.17) is 14.0 Å². The van der Waals surface area contributed by atoms with Crippen LogP contribution in [0.2, 0.25) is 0 Å². The molecule has 1 aliphatic carbocycles. The van der Waals surface area contributed by atoms with Gasteiger partial charge in [0.25, 0.3) is 5.91 Å². The number of benzene rings is 2. The molecule has 0 bridgehead atoms. The minimum atomic E-state index is -0.254. The van der Waals surface area contributed by atoms with Gasteiger partial charge in [0, 0.05) is 30.1 Å². The molecule has 0 unspecified atom stereocenters. The lowest BCUT2D eigenvalue weighted by Gasteiger charge is -2.30. The van der Waals surface area contributed by atoms with Crippen molar-refractivity contribution in [3.05, 3.63) is 60.0 Å². The lowest BCUT2D eigenvalue weighted by atomic mass is 9.96. The van der Waals surface area contributed by atoms with Gasteiger partial charge in [-0.2, -0.15) is 4.98 Å². The third-order valence-corrected chi connectivity index (χ3v) is 6.31. The Morgan fingerprint density at radius 2 is 1.83 bits per heavy atom. The highest BCUT2D eigenvalue weighted by Gasteiger charge is 2.28. The van der Waals surface area contributed by atoms with Crippen molar-refractivity contribution in [1.82, 2.24) is 20.4 Å². The van der Waals surface area contributed by atoms with E-state index >= 15 is 0 Å². The quantitative estimate of drug-likeness (QED) is 0.531. The van der Waals surface area contributed by atoms with Crippen LogP contribution in [0.3, 0.4) is 0 Å². The average molecular weight is 477 g/mol. The van der Waals surface area contributed by atoms with Gasteiger partial charge in [-0.3, -0.25) is 9.59 Å². The van der Waals surface area contributed by atoms with Crippen molar-refractivity contribution in [2.75, 3.05) is 26.7 Å². The van der Waals surface area contributed by atoms with Gasteiger partial charge in [-0.05, 0) is 56.0 Å².